The van der Waals surface area contributed by atoms with Gasteiger partial charge in [0.15, 0.2) is 5.76 Å². The van der Waals surface area contributed by atoms with Gasteiger partial charge in [-0.05, 0) is 32.0 Å². The van der Waals surface area contributed by atoms with Crippen molar-refractivity contribution < 1.29 is 14.3 Å². The Morgan fingerprint density at radius 2 is 2.36 bits per heavy atom. The van der Waals surface area contributed by atoms with E-state index in [-0.39, 0.29) is 0 Å². The molecule has 1 aromatic carbocycles. The molecule has 1 unspecified atom stereocenters. The molecule has 22 heavy (non-hydrogen) atoms. The molecule has 6 heteroatoms. The first kappa shape index (κ1) is 15.2. The number of oxazole rings is 1. The standard InChI is InChI=1S/C16H17BrN2O3/c1-16(15(20)21)5-6-19(10-16)9-14-18-8-13(22-14)11-3-2-4-12(17)7-11/h2-4,7-8H,5-6,9-10H2,1H3,(H,20,21). The third kappa shape index (κ3) is 3.08. The van der Waals surface area contributed by atoms with Crippen molar-refractivity contribution >= 4 is 21.9 Å². The van der Waals surface area contributed by atoms with Crippen LogP contribution < -0.4 is 0 Å². The Hall–Kier alpha value is -1.66. The summed E-state index contributed by atoms with van der Waals surface area (Å²) >= 11 is 3.44. The van der Waals surface area contributed by atoms with Gasteiger partial charge < -0.3 is 9.52 Å². The first-order valence-corrected chi connectivity index (χ1v) is 7.92. The number of halogens is 1. The molecule has 1 saturated heterocycles. The number of carboxylic acid groups (broad SMARTS) is 1. The Labute approximate surface area is 137 Å². The summed E-state index contributed by atoms with van der Waals surface area (Å²) in [5.41, 5.74) is 0.296. The number of nitrogens with zero attached hydrogens (tertiary/aromatic N) is 2. The minimum Gasteiger partial charge on any atom is -0.481 e. The first-order valence-electron chi connectivity index (χ1n) is 7.13. The Bertz CT molecular complexity index is 700. The van der Waals surface area contributed by atoms with Gasteiger partial charge in [0.2, 0.25) is 5.89 Å². The van der Waals surface area contributed by atoms with Crippen LogP contribution in [0.15, 0.2) is 39.4 Å². The van der Waals surface area contributed by atoms with Crippen LogP contribution in [-0.2, 0) is 11.3 Å². The van der Waals surface area contributed by atoms with Crippen molar-refractivity contribution in [1.29, 1.82) is 0 Å². The minimum atomic E-state index is -0.739. The van der Waals surface area contributed by atoms with Crippen molar-refractivity contribution in [2.24, 2.45) is 5.41 Å². The zero-order chi connectivity index (χ0) is 15.7. The van der Waals surface area contributed by atoms with Crippen LogP contribution in [0.3, 0.4) is 0 Å². The lowest BCUT2D eigenvalue weighted by Gasteiger charge is -2.18. The normalized spacial score (nSPS) is 22.1. The average Bonchev–Trinajstić information content (AvgIpc) is 3.07. The van der Waals surface area contributed by atoms with Gasteiger partial charge in [-0.1, -0.05) is 28.1 Å². The molecule has 2 aromatic rings. The van der Waals surface area contributed by atoms with Gasteiger partial charge in [-0.15, -0.1) is 0 Å². The topological polar surface area (TPSA) is 66.6 Å². The summed E-state index contributed by atoms with van der Waals surface area (Å²) in [4.78, 5) is 17.7. The predicted octanol–water partition coefficient (Wildman–Crippen LogP) is 3.40. The van der Waals surface area contributed by atoms with Gasteiger partial charge in [-0.3, -0.25) is 9.69 Å². The Morgan fingerprint density at radius 1 is 1.55 bits per heavy atom. The van der Waals surface area contributed by atoms with Crippen molar-refractivity contribution in [3.63, 3.8) is 0 Å². The summed E-state index contributed by atoms with van der Waals surface area (Å²) in [7, 11) is 0. The molecule has 1 N–H and O–H groups in total. The van der Waals surface area contributed by atoms with E-state index >= 15 is 0 Å². The Kier molecular flexibility index (Phi) is 4.06. The predicted molar refractivity (Wildman–Crippen MR) is 85.3 cm³/mol. The van der Waals surface area contributed by atoms with E-state index in [9.17, 15) is 9.90 Å². The molecule has 5 nitrogen and oxygen atoms in total. The molecule has 0 amide bonds. The highest BCUT2D eigenvalue weighted by molar-refractivity contribution is 9.10. The molecule has 1 atom stereocenters. The lowest BCUT2D eigenvalue weighted by atomic mass is 9.90. The molecule has 0 saturated carbocycles. The second-order valence-corrected chi connectivity index (χ2v) is 6.87. The first-order chi connectivity index (χ1) is 10.5. The third-order valence-electron chi connectivity index (χ3n) is 4.09. The molecule has 2 heterocycles. The smallest absolute Gasteiger partial charge is 0.310 e. The molecule has 1 aliphatic rings. The Balaban J connectivity index is 1.69. The van der Waals surface area contributed by atoms with E-state index < -0.39 is 11.4 Å². The van der Waals surface area contributed by atoms with Gasteiger partial charge in [-0.25, -0.2) is 4.98 Å². The molecule has 0 bridgehead atoms. The number of aromatic nitrogens is 1. The van der Waals surface area contributed by atoms with E-state index in [0.717, 1.165) is 22.3 Å². The number of hydrogen-bond acceptors (Lipinski definition) is 4. The number of likely N-dealkylation sites (tertiary alicyclic amines) is 1. The fourth-order valence-corrected chi connectivity index (χ4v) is 3.12. The van der Waals surface area contributed by atoms with Crippen LogP contribution in [0.5, 0.6) is 0 Å². The molecule has 0 radical (unpaired) electrons. The number of rotatable bonds is 4. The lowest BCUT2D eigenvalue weighted by Crippen LogP contribution is -2.31. The van der Waals surface area contributed by atoms with Crippen LogP contribution in [0.4, 0.5) is 0 Å². The molecular formula is C16H17BrN2O3. The van der Waals surface area contributed by atoms with Gasteiger partial charge in [0, 0.05) is 16.6 Å². The van der Waals surface area contributed by atoms with Crippen LogP contribution in [0.1, 0.15) is 19.2 Å². The number of hydrogen-bond donors (Lipinski definition) is 1. The maximum Gasteiger partial charge on any atom is 0.310 e. The third-order valence-corrected chi connectivity index (χ3v) is 4.58. The largest absolute Gasteiger partial charge is 0.481 e. The van der Waals surface area contributed by atoms with E-state index in [1.165, 1.54) is 0 Å². The molecular weight excluding hydrogens is 348 g/mol. The summed E-state index contributed by atoms with van der Waals surface area (Å²) in [5, 5.41) is 9.26. The molecule has 0 aliphatic carbocycles. The van der Waals surface area contributed by atoms with E-state index in [0.29, 0.717) is 25.4 Å². The van der Waals surface area contributed by atoms with Crippen molar-refractivity contribution in [3.05, 3.63) is 40.8 Å². The van der Waals surface area contributed by atoms with Gasteiger partial charge in [0.25, 0.3) is 0 Å². The molecule has 1 aromatic heterocycles. The highest BCUT2D eigenvalue weighted by Gasteiger charge is 2.40. The number of benzene rings is 1. The van der Waals surface area contributed by atoms with Crippen molar-refractivity contribution in [2.75, 3.05) is 13.1 Å². The monoisotopic (exact) mass is 364 g/mol. The molecule has 116 valence electrons. The van der Waals surface area contributed by atoms with E-state index in [1.54, 1.807) is 13.1 Å². The maximum atomic E-state index is 11.3. The zero-order valence-electron chi connectivity index (χ0n) is 12.3. The second kappa shape index (κ2) is 5.85. The molecule has 0 spiro atoms. The number of carbonyl (C=O) groups is 1. The van der Waals surface area contributed by atoms with E-state index in [1.807, 2.05) is 24.3 Å². The summed E-state index contributed by atoms with van der Waals surface area (Å²) < 4.78 is 6.78. The van der Waals surface area contributed by atoms with Gasteiger partial charge >= 0.3 is 5.97 Å². The quantitative estimate of drug-likeness (QED) is 0.900. The van der Waals surface area contributed by atoms with Crippen molar-refractivity contribution in [2.45, 2.75) is 19.9 Å². The maximum absolute atomic E-state index is 11.3. The SMILES string of the molecule is CC1(C(=O)O)CCN(Cc2ncc(-c3cccc(Br)c3)o2)C1. The van der Waals surface area contributed by atoms with Gasteiger partial charge in [0.1, 0.15) is 0 Å². The fraction of sp³-hybridized carbons (Fsp3) is 0.375. The molecule has 3 rings (SSSR count). The number of carboxylic acids is 1. The van der Waals surface area contributed by atoms with Gasteiger partial charge in [-0.2, -0.15) is 0 Å². The summed E-state index contributed by atoms with van der Waals surface area (Å²) in [5.74, 6) is 0.596. The van der Waals surface area contributed by atoms with Crippen molar-refractivity contribution in [1.82, 2.24) is 9.88 Å². The summed E-state index contributed by atoms with van der Waals surface area (Å²) in [6.45, 7) is 3.60. The lowest BCUT2D eigenvalue weighted by molar-refractivity contribution is -0.147. The average molecular weight is 365 g/mol. The van der Waals surface area contributed by atoms with Crippen LogP contribution in [-0.4, -0.2) is 34.0 Å². The highest BCUT2D eigenvalue weighted by Crippen LogP contribution is 2.31. The van der Waals surface area contributed by atoms with E-state index in [4.69, 9.17) is 4.42 Å². The molecule has 1 fully saturated rings. The molecule has 1 aliphatic heterocycles. The Morgan fingerprint density at radius 3 is 3.05 bits per heavy atom. The minimum absolute atomic E-state index is 0.525. The van der Waals surface area contributed by atoms with E-state index in [2.05, 4.69) is 25.8 Å². The van der Waals surface area contributed by atoms with Crippen LogP contribution in [0.25, 0.3) is 11.3 Å². The van der Waals surface area contributed by atoms with Crippen LogP contribution in [0.2, 0.25) is 0 Å². The summed E-state index contributed by atoms with van der Waals surface area (Å²) in [6, 6.07) is 7.84. The van der Waals surface area contributed by atoms with Crippen molar-refractivity contribution in [3.8, 4) is 11.3 Å². The van der Waals surface area contributed by atoms with Gasteiger partial charge in [0.05, 0.1) is 18.2 Å². The zero-order valence-corrected chi connectivity index (χ0v) is 13.8. The van der Waals surface area contributed by atoms with Crippen LogP contribution in [0, 0.1) is 5.41 Å². The second-order valence-electron chi connectivity index (χ2n) is 5.96. The fourth-order valence-electron chi connectivity index (χ4n) is 2.72. The highest BCUT2D eigenvalue weighted by atomic mass is 79.9. The summed E-state index contributed by atoms with van der Waals surface area (Å²) in [6.07, 6.45) is 2.37. The van der Waals surface area contributed by atoms with Crippen LogP contribution >= 0.6 is 15.9 Å². The number of aliphatic carboxylic acids is 1.